The molecule has 0 atom stereocenters. The Bertz CT molecular complexity index is 617. The molecule has 0 amide bonds. The Labute approximate surface area is 127 Å². The molecule has 120 valence electrons. The Morgan fingerprint density at radius 3 is 2.82 bits per heavy atom. The van der Waals surface area contributed by atoms with Crippen molar-refractivity contribution >= 4 is 5.96 Å². The Morgan fingerprint density at radius 1 is 1.36 bits per heavy atom. The molecule has 9 heteroatoms. The van der Waals surface area contributed by atoms with Gasteiger partial charge in [0.05, 0.1) is 18.8 Å². The Kier molecular flexibility index (Phi) is 5.45. The highest BCUT2D eigenvalue weighted by Crippen LogP contribution is 2.11. The molecule has 7 nitrogen and oxygen atoms in total. The normalized spacial score (nSPS) is 12.0. The molecule has 0 unspecified atom stereocenters. The van der Waals surface area contributed by atoms with Gasteiger partial charge in [0.25, 0.3) is 0 Å². The first-order chi connectivity index (χ1) is 10.6. The van der Waals surface area contributed by atoms with Gasteiger partial charge < -0.3 is 10.6 Å². The maximum absolute atomic E-state index is 12.8. The van der Waals surface area contributed by atoms with Crippen LogP contribution in [0.3, 0.4) is 0 Å². The van der Waals surface area contributed by atoms with Crippen LogP contribution in [0, 0.1) is 0 Å². The summed E-state index contributed by atoms with van der Waals surface area (Å²) in [5.74, 6) is 0.786. The third-order valence-electron chi connectivity index (χ3n) is 3.04. The third kappa shape index (κ3) is 4.03. The average molecular weight is 311 g/mol. The van der Waals surface area contributed by atoms with E-state index < -0.39 is 6.55 Å². The molecule has 2 N–H and O–H groups in total. The molecular weight excluding hydrogens is 292 g/mol. The number of aryl methyl sites for hydroxylation is 1. The van der Waals surface area contributed by atoms with Crippen molar-refractivity contribution in [2.24, 2.45) is 12.0 Å². The number of alkyl halides is 2. The van der Waals surface area contributed by atoms with Crippen molar-refractivity contribution < 1.29 is 8.78 Å². The van der Waals surface area contributed by atoms with Crippen LogP contribution in [0.15, 0.2) is 29.6 Å². The van der Waals surface area contributed by atoms with Gasteiger partial charge in [0, 0.05) is 32.2 Å². The first kappa shape index (κ1) is 15.9. The standard InChI is InChI=1S/C13H19F2N7/c1-3-16-13(18-8-10-4-5-20-21(10)2)19-9-11-17-6-7-22(11)12(14)15/h4-7,12H,3,8-9H2,1-2H3,(H2,16,18,19). The van der Waals surface area contributed by atoms with E-state index in [2.05, 4.69) is 25.7 Å². The van der Waals surface area contributed by atoms with Crippen molar-refractivity contribution in [2.45, 2.75) is 26.6 Å². The van der Waals surface area contributed by atoms with Crippen LogP contribution in [0.2, 0.25) is 0 Å². The fourth-order valence-corrected chi connectivity index (χ4v) is 1.88. The maximum Gasteiger partial charge on any atom is 0.319 e. The number of hydrogen-bond acceptors (Lipinski definition) is 3. The van der Waals surface area contributed by atoms with Gasteiger partial charge in [0.1, 0.15) is 5.82 Å². The molecule has 0 aliphatic carbocycles. The number of nitrogens with one attached hydrogen (secondary N) is 2. The van der Waals surface area contributed by atoms with E-state index in [1.807, 2.05) is 20.0 Å². The minimum absolute atomic E-state index is 0.161. The van der Waals surface area contributed by atoms with Crippen molar-refractivity contribution in [2.75, 3.05) is 6.54 Å². The minimum atomic E-state index is -2.60. The highest BCUT2D eigenvalue weighted by molar-refractivity contribution is 5.79. The van der Waals surface area contributed by atoms with E-state index in [4.69, 9.17) is 0 Å². The van der Waals surface area contributed by atoms with E-state index in [1.165, 1.54) is 12.4 Å². The van der Waals surface area contributed by atoms with Crippen molar-refractivity contribution in [3.63, 3.8) is 0 Å². The average Bonchev–Trinajstić information content (AvgIpc) is 3.11. The zero-order valence-electron chi connectivity index (χ0n) is 12.5. The molecule has 2 rings (SSSR count). The van der Waals surface area contributed by atoms with Crippen LogP contribution in [0.1, 0.15) is 25.0 Å². The summed E-state index contributed by atoms with van der Waals surface area (Å²) in [4.78, 5) is 8.32. The van der Waals surface area contributed by atoms with Gasteiger partial charge in [-0.1, -0.05) is 0 Å². The van der Waals surface area contributed by atoms with Crippen molar-refractivity contribution in [3.8, 4) is 0 Å². The van der Waals surface area contributed by atoms with E-state index in [0.29, 0.717) is 19.0 Å². The fraction of sp³-hybridized carbons (Fsp3) is 0.462. The molecule has 0 spiro atoms. The van der Waals surface area contributed by atoms with Gasteiger partial charge in [-0.05, 0) is 13.0 Å². The number of rotatable bonds is 6. The van der Waals surface area contributed by atoms with Crippen molar-refractivity contribution in [1.29, 1.82) is 0 Å². The van der Waals surface area contributed by atoms with Gasteiger partial charge in [-0.25, -0.2) is 9.98 Å². The second kappa shape index (κ2) is 7.53. The summed E-state index contributed by atoms with van der Waals surface area (Å²) >= 11 is 0. The minimum Gasteiger partial charge on any atom is -0.357 e. The lowest BCUT2D eigenvalue weighted by Crippen LogP contribution is -2.37. The van der Waals surface area contributed by atoms with Crippen LogP contribution in [0.4, 0.5) is 8.78 Å². The van der Waals surface area contributed by atoms with Crippen molar-refractivity contribution in [1.82, 2.24) is 30.0 Å². The SMILES string of the molecule is CCNC(=NCc1ccnn1C)NCc1nccn1C(F)F. The second-order valence-electron chi connectivity index (χ2n) is 4.52. The van der Waals surface area contributed by atoms with Gasteiger partial charge in [0.2, 0.25) is 0 Å². The highest BCUT2D eigenvalue weighted by Gasteiger charge is 2.11. The topological polar surface area (TPSA) is 72.1 Å². The van der Waals surface area contributed by atoms with E-state index >= 15 is 0 Å². The first-order valence-corrected chi connectivity index (χ1v) is 6.90. The van der Waals surface area contributed by atoms with Crippen LogP contribution in [-0.4, -0.2) is 31.8 Å². The predicted molar refractivity (Wildman–Crippen MR) is 78.3 cm³/mol. The maximum atomic E-state index is 12.8. The third-order valence-corrected chi connectivity index (χ3v) is 3.04. The monoisotopic (exact) mass is 311 g/mol. The smallest absolute Gasteiger partial charge is 0.319 e. The zero-order chi connectivity index (χ0) is 15.9. The number of imidazole rings is 1. The number of aromatic nitrogens is 4. The largest absolute Gasteiger partial charge is 0.357 e. The molecule has 0 bridgehead atoms. The molecule has 22 heavy (non-hydrogen) atoms. The molecule has 0 fully saturated rings. The molecule has 0 radical (unpaired) electrons. The summed E-state index contributed by atoms with van der Waals surface area (Å²) in [5.41, 5.74) is 0.950. The van der Waals surface area contributed by atoms with E-state index in [-0.39, 0.29) is 12.4 Å². The molecule has 0 saturated heterocycles. The summed E-state index contributed by atoms with van der Waals surface area (Å²) in [6, 6.07) is 1.87. The van der Waals surface area contributed by atoms with Crippen LogP contribution in [-0.2, 0) is 20.1 Å². The summed E-state index contributed by atoms with van der Waals surface area (Å²) in [7, 11) is 1.84. The zero-order valence-corrected chi connectivity index (χ0v) is 12.5. The number of hydrogen-bond donors (Lipinski definition) is 2. The highest BCUT2D eigenvalue weighted by atomic mass is 19.3. The second-order valence-corrected chi connectivity index (χ2v) is 4.52. The van der Waals surface area contributed by atoms with E-state index in [0.717, 1.165) is 10.3 Å². The summed E-state index contributed by atoms with van der Waals surface area (Å²) in [6.45, 7) is 0.597. The number of halogens is 2. The molecule has 0 aliphatic rings. The van der Waals surface area contributed by atoms with Gasteiger partial charge in [-0.3, -0.25) is 9.25 Å². The van der Waals surface area contributed by atoms with Crippen LogP contribution in [0.25, 0.3) is 0 Å². The number of aliphatic imine (C=N–C) groups is 1. The lowest BCUT2D eigenvalue weighted by molar-refractivity contribution is 0.0668. The van der Waals surface area contributed by atoms with Crippen LogP contribution >= 0.6 is 0 Å². The Morgan fingerprint density at radius 2 is 2.18 bits per heavy atom. The summed E-state index contributed by atoms with van der Waals surface area (Å²) < 4.78 is 28.1. The molecule has 0 aliphatic heterocycles. The predicted octanol–water partition coefficient (Wildman–Crippen LogP) is 1.27. The lowest BCUT2D eigenvalue weighted by Gasteiger charge is -2.12. The molecule has 2 aromatic rings. The lowest BCUT2D eigenvalue weighted by atomic mass is 10.4. The van der Waals surface area contributed by atoms with E-state index in [1.54, 1.807) is 10.9 Å². The molecule has 2 aromatic heterocycles. The Balaban J connectivity index is 1.99. The Hall–Kier alpha value is -2.45. The van der Waals surface area contributed by atoms with E-state index in [9.17, 15) is 8.78 Å². The molecule has 2 heterocycles. The van der Waals surface area contributed by atoms with Gasteiger partial charge in [-0.2, -0.15) is 13.9 Å². The summed E-state index contributed by atoms with van der Waals surface area (Å²) in [5, 5.41) is 10.1. The molecule has 0 saturated carbocycles. The number of guanidine groups is 1. The van der Waals surface area contributed by atoms with Crippen molar-refractivity contribution in [3.05, 3.63) is 36.2 Å². The van der Waals surface area contributed by atoms with Gasteiger partial charge in [-0.15, -0.1) is 0 Å². The van der Waals surface area contributed by atoms with Crippen LogP contribution < -0.4 is 10.6 Å². The molecule has 0 aromatic carbocycles. The summed E-state index contributed by atoms with van der Waals surface area (Å²) in [6.07, 6.45) is 4.30. The number of nitrogens with zero attached hydrogens (tertiary/aromatic N) is 5. The first-order valence-electron chi connectivity index (χ1n) is 6.90. The van der Waals surface area contributed by atoms with Gasteiger partial charge in [0.15, 0.2) is 5.96 Å². The molecular formula is C13H19F2N7. The fourth-order valence-electron chi connectivity index (χ4n) is 1.88. The van der Waals surface area contributed by atoms with Crippen LogP contribution in [0.5, 0.6) is 0 Å². The quantitative estimate of drug-likeness (QED) is 0.622. The van der Waals surface area contributed by atoms with Gasteiger partial charge >= 0.3 is 6.55 Å².